The van der Waals surface area contributed by atoms with Crippen LogP contribution in [0, 0.1) is 5.41 Å². The maximum Gasteiger partial charge on any atom is 0.501 e. The van der Waals surface area contributed by atoms with Gasteiger partial charge >= 0.3 is 8.80 Å². The highest BCUT2D eigenvalue weighted by Crippen LogP contribution is 2.30. The standard InChI is InChI=1S/C17H38O3Si/c1-7-10-13-18-21(16-17(4,5)6,19-14-11-8-2)20-15-12-9-3/h7-16H2,1-6H3. The summed E-state index contributed by atoms with van der Waals surface area (Å²) in [4.78, 5) is 0. The lowest BCUT2D eigenvalue weighted by atomic mass is 10.0. The molecule has 0 spiro atoms. The zero-order valence-corrected chi connectivity index (χ0v) is 16.3. The van der Waals surface area contributed by atoms with Crippen LogP contribution in [0.4, 0.5) is 0 Å². The molecular formula is C17H38O3Si. The number of hydrogen-bond acceptors (Lipinski definition) is 3. The Labute approximate surface area is 134 Å². The summed E-state index contributed by atoms with van der Waals surface area (Å²) in [6.07, 6.45) is 6.66. The molecule has 0 saturated heterocycles. The average molecular weight is 319 g/mol. The SMILES string of the molecule is CCCCO[Si](CC(C)(C)C)(OCCCC)OCCCC. The Bertz CT molecular complexity index is 212. The Morgan fingerprint density at radius 3 is 1.24 bits per heavy atom. The summed E-state index contributed by atoms with van der Waals surface area (Å²) in [5.74, 6) is 0. The first kappa shape index (κ1) is 21.1. The van der Waals surface area contributed by atoms with Gasteiger partial charge in [-0.2, -0.15) is 0 Å². The highest BCUT2D eigenvalue weighted by Gasteiger charge is 2.44. The van der Waals surface area contributed by atoms with Gasteiger partial charge in [0.2, 0.25) is 0 Å². The summed E-state index contributed by atoms with van der Waals surface area (Å²) in [6.45, 7) is 15.6. The zero-order chi connectivity index (χ0) is 16.2. The third-order valence-corrected chi connectivity index (χ3v) is 6.63. The fourth-order valence-electron chi connectivity index (χ4n) is 2.04. The predicted molar refractivity (Wildman–Crippen MR) is 92.6 cm³/mol. The van der Waals surface area contributed by atoms with Crippen LogP contribution in [0.1, 0.15) is 80.1 Å². The van der Waals surface area contributed by atoms with Crippen molar-refractivity contribution in [3.8, 4) is 0 Å². The summed E-state index contributed by atoms with van der Waals surface area (Å²) in [6, 6.07) is 0.900. The Balaban J connectivity index is 4.78. The fraction of sp³-hybridized carbons (Fsp3) is 1.00. The van der Waals surface area contributed by atoms with Crippen LogP contribution in [0.2, 0.25) is 6.04 Å². The Morgan fingerprint density at radius 1 is 0.667 bits per heavy atom. The monoisotopic (exact) mass is 318 g/mol. The third kappa shape index (κ3) is 11.3. The highest BCUT2D eigenvalue weighted by molar-refractivity contribution is 6.60. The molecule has 0 bridgehead atoms. The smallest absolute Gasteiger partial charge is 0.373 e. The molecule has 0 aromatic rings. The molecule has 4 heteroatoms. The van der Waals surface area contributed by atoms with Gasteiger partial charge < -0.3 is 13.3 Å². The minimum atomic E-state index is -2.54. The minimum absolute atomic E-state index is 0.164. The molecule has 0 aliphatic rings. The normalized spacial score (nSPS) is 12.9. The van der Waals surface area contributed by atoms with Crippen LogP contribution in [0.25, 0.3) is 0 Å². The molecule has 0 aliphatic carbocycles. The highest BCUT2D eigenvalue weighted by atomic mass is 28.4. The molecule has 0 unspecified atom stereocenters. The van der Waals surface area contributed by atoms with Crippen LogP contribution in [-0.4, -0.2) is 28.6 Å². The lowest BCUT2D eigenvalue weighted by molar-refractivity contribution is 0.0488. The average Bonchev–Trinajstić information content (AvgIpc) is 2.38. The molecule has 0 atom stereocenters. The molecule has 0 heterocycles. The van der Waals surface area contributed by atoms with E-state index in [0.29, 0.717) is 0 Å². The Kier molecular flexibility index (Phi) is 11.7. The molecule has 128 valence electrons. The molecule has 0 amide bonds. The second kappa shape index (κ2) is 11.6. The lowest BCUT2D eigenvalue weighted by Crippen LogP contribution is -2.49. The predicted octanol–water partition coefficient (Wildman–Crippen LogP) is 5.42. The second-order valence-electron chi connectivity index (χ2n) is 7.03. The van der Waals surface area contributed by atoms with Crippen LogP contribution in [0.15, 0.2) is 0 Å². The second-order valence-corrected chi connectivity index (χ2v) is 9.61. The lowest BCUT2D eigenvalue weighted by Gasteiger charge is -2.34. The first-order valence-electron chi connectivity index (χ1n) is 8.81. The van der Waals surface area contributed by atoms with Crippen molar-refractivity contribution < 1.29 is 13.3 Å². The molecule has 3 nitrogen and oxygen atoms in total. The number of rotatable bonds is 13. The molecule has 0 radical (unpaired) electrons. The Hall–Kier alpha value is 0.0969. The van der Waals surface area contributed by atoms with Crippen molar-refractivity contribution in [2.24, 2.45) is 5.41 Å². The molecule has 0 fully saturated rings. The first-order chi connectivity index (χ1) is 9.89. The molecule has 0 rings (SSSR count). The van der Waals surface area contributed by atoms with Gasteiger partial charge in [-0.15, -0.1) is 0 Å². The minimum Gasteiger partial charge on any atom is -0.373 e. The van der Waals surface area contributed by atoms with Crippen LogP contribution in [-0.2, 0) is 13.3 Å². The number of unbranched alkanes of at least 4 members (excludes halogenated alkanes) is 3. The van der Waals surface area contributed by atoms with E-state index in [1.807, 2.05) is 0 Å². The maximum absolute atomic E-state index is 6.23. The fourth-order valence-corrected chi connectivity index (χ4v) is 5.26. The van der Waals surface area contributed by atoms with Gasteiger partial charge in [-0.1, -0.05) is 60.8 Å². The van der Waals surface area contributed by atoms with E-state index in [1.54, 1.807) is 0 Å². The van der Waals surface area contributed by atoms with Gasteiger partial charge in [0.25, 0.3) is 0 Å². The van der Waals surface area contributed by atoms with Crippen LogP contribution in [0.5, 0.6) is 0 Å². The molecule has 0 N–H and O–H groups in total. The summed E-state index contributed by atoms with van der Waals surface area (Å²) in [5, 5.41) is 0. The molecular weight excluding hydrogens is 280 g/mol. The quantitative estimate of drug-likeness (QED) is 0.335. The molecule has 0 aromatic heterocycles. The van der Waals surface area contributed by atoms with Crippen molar-refractivity contribution in [3.05, 3.63) is 0 Å². The molecule has 0 aromatic carbocycles. The van der Waals surface area contributed by atoms with Crippen molar-refractivity contribution in [1.29, 1.82) is 0 Å². The largest absolute Gasteiger partial charge is 0.501 e. The topological polar surface area (TPSA) is 27.7 Å². The van der Waals surface area contributed by atoms with E-state index in [4.69, 9.17) is 13.3 Å². The Morgan fingerprint density at radius 2 is 1.00 bits per heavy atom. The molecule has 21 heavy (non-hydrogen) atoms. The number of hydrogen-bond donors (Lipinski definition) is 0. The van der Waals surface area contributed by atoms with Crippen LogP contribution >= 0.6 is 0 Å². The first-order valence-corrected chi connectivity index (χ1v) is 10.7. The van der Waals surface area contributed by atoms with Gasteiger partial charge in [0.15, 0.2) is 0 Å². The summed E-state index contributed by atoms with van der Waals surface area (Å²) in [7, 11) is -2.54. The van der Waals surface area contributed by atoms with Gasteiger partial charge in [0.1, 0.15) is 0 Å². The van der Waals surface area contributed by atoms with Gasteiger partial charge in [0.05, 0.1) is 0 Å². The van der Waals surface area contributed by atoms with Crippen molar-refractivity contribution >= 4 is 8.80 Å². The zero-order valence-electron chi connectivity index (χ0n) is 15.3. The maximum atomic E-state index is 6.23. The van der Waals surface area contributed by atoms with E-state index in [2.05, 4.69) is 41.5 Å². The van der Waals surface area contributed by atoms with Gasteiger partial charge in [0, 0.05) is 25.9 Å². The third-order valence-electron chi connectivity index (χ3n) is 3.21. The van der Waals surface area contributed by atoms with Crippen LogP contribution < -0.4 is 0 Å². The van der Waals surface area contributed by atoms with E-state index in [1.165, 1.54) is 0 Å². The van der Waals surface area contributed by atoms with Crippen molar-refractivity contribution in [2.45, 2.75) is 86.1 Å². The summed E-state index contributed by atoms with van der Waals surface area (Å²) >= 11 is 0. The van der Waals surface area contributed by atoms with Gasteiger partial charge in [-0.3, -0.25) is 0 Å². The molecule has 0 saturated carbocycles. The van der Waals surface area contributed by atoms with E-state index in [9.17, 15) is 0 Å². The van der Waals surface area contributed by atoms with E-state index < -0.39 is 8.80 Å². The van der Waals surface area contributed by atoms with E-state index in [-0.39, 0.29) is 5.41 Å². The van der Waals surface area contributed by atoms with Crippen molar-refractivity contribution in [3.63, 3.8) is 0 Å². The molecule has 0 aliphatic heterocycles. The van der Waals surface area contributed by atoms with Gasteiger partial charge in [-0.05, 0) is 24.7 Å². The summed E-state index contributed by atoms with van der Waals surface area (Å²) in [5.41, 5.74) is 0.164. The van der Waals surface area contributed by atoms with Gasteiger partial charge in [-0.25, -0.2) is 0 Å². The van der Waals surface area contributed by atoms with E-state index >= 15 is 0 Å². The summed E-state index contributed by atoms with van der Waals surface area (Å²) < 4.78 is 18.7. The van der Waals surface area contributed by atoms with Crippen molar-refractivity contribution in [1.82, 2.24) is 0 Å². The van der Waals surface area contributed by atoms with Crippen LogP contribution in [0.3, 0.4) is 0 Å². The van der Waals surface area contributed by atoms with E-state index in [0.717, 1.165) is 64.4 Å². The van der Waals surface area contributed by atoms with Crippen molar-refractivity contribution in [2.75, 3.05) is 19.8 Å².